The van der Waals surface area contributed by atoms with Crippen molar-refractivity contribution >= 4 is 11.7 Å². The van der Waals surface area contributed by atoms with Gasteiger partial charge in [-0.05, 0) is 11.0 Å². The third kappa shape index (κ3) is 2.32. The Kier molecular flexibility index (Phi) is 3.54. The third-order valence-corrected chi connectivity index (χ3v) is 3.47. The van der Waals surface area contributed by atoms with Gasteiger partial charge in [0.15, 0.2) is 5.69 Å². The largest absolute Gasteiger partial charge is 0.390 e. The molecule has 0 bridgehead atoms. The van der Waals surface area contributed by atoms with E-state index < -0.39 is 11.0 Å². The van der Waals surface area contributed by atoms with Crippen LogP contribution in [0.5, 0.6) is 0 Å². The summed E-state index contributed by atoms with van der Waals surface area (Å²) in [6, 6.07) is 2.40. The Morgan fingerprint density at radius 3 is 2.74 bits per heavy atom. The fourth-order valence-electron chi connectivity index (χ4n) is 2.28. The van der Waals surface area contributed by atoms with Crippen molar-refractivity contribution in [3.05, 3.63) is 27.9 Å². The van der Waals surface area contributed by atoms with Gasteiger partial charge >= 0.3 is 5.82 Å². The lowest BCUT2D eigenvalue weighted by molar-refractivity contribution is -0.391. The van der Waals surface area contributed by atoms with Crippen molar-refractivity contribution in [1.82, 2.24) is 14.8 Å². The minimum atomic E-state index is -0.621. The maximum Gasteiger partial charge on any atom is 0.323 e. The summed E-state index contributed by atoms with van der Waals surface area (Å²) >= 11 is 0. The molecule has 0 aromatic carbocycles. The summed E-state index contributed by atoms with van der Waals surface area (Å²) < 4.78 is 1.24. The number of carbonyl (C=O) groups is 1. The van der Waals surface area contributed by atoms with Crippen LogP contribution in [0, 0.1) is 10.1 Å². The molecule has 0 unspecified atom stereocenters. The smallest absolute Gasteiger partial charge is 0.323 e. The fraction of sp³-hybridized carbons (Fsp3) is 0.545. The maximum atomic E-state index is 12.3. The molecule has 0 aliphatic carbocycles. The highest BCUT2D eigenvalue weighted by Gasteiger charge is 2.34. The lowest BCUT2D eigenvalue weighted by atomic mass is 10.2. The quantitative estimate of drug-likeness (QED) is 0.560. The van der Waals surface area contributed by atoms with Crippen LogP contribution in [0.2, 0.25) is 0 Å². The van der Waals surface area contributed by atoms with Gasteiger partial charge in [-0.2, -0.15) is 0 Å². The number of rotatable bonds is 3. The molecule has 8 nitrogen and oxygen atoms in total. The summed E-state index contributed by atoms with van der Waals surface area (Å²) in [5.74, 6) is -0.481. The highest BCUT2D eigenvalue weighted by molar-refractivity contribution is 5.93. The Morgan fingerprint density at radius 1 is 1.58 bits per heavy atom. The number of aromatic nitrogens is 1. The summed E-state index contributed by atoms with van der Waals surface area (Å²) in [4.78, 5) is 23.9. The predicted octanol–water partition coefficient (Wildman–Crippen LogP) is -0.662. The molecule has 2 rings (SSSR count). The average Bonchev–Trinajstić information content (AvgIpc) is 2.93. The van der Waals surface area contributed by atoms with E-state index in [1.54, 1.807) is 7.05 Å². The first-order valence-electron chi connectivity index (χ1n) is 5.89. The molecule has 2 heterocycles. The zero-order chi connectivity index (χ0) is 14.2. The number of hydrogen-bond donors (Lipinski definition) is 2. The summed E-state index contributed by atoms with van der Waals surface area (Å²) in [5.41, 5.74) is 0.230. The van der Waals surface area contributed by atoms with Gasteiger partial charge in [0.2, 0.25) is 0 Å². The Hall–Kier alpha value is -1.93. The van der Waals surface area contributed by atoms with E-state index in [1.165, 1.54) is 28.6 Å². The fourth-order valence-corrected chi connectivity index (χ4v) is 2.28. The van der Waals surface area contributed by atoms with Gasteiger partial charge in [0.05, 0.1) is 19.2 Å². The number of nitro groups is 1. The van der Waals surface area contributed by atoms with Crippen molar-refractivity contribution in [3.8, 4) is 0 Å². The molecule has 1 fully saturated rings. The molecule has 1 saturated heterocycles. The minimum Gasteiger partial charge on any atom is -0.390 e. The van der Waals surface area contributed by atoms with Crippen LogP contribution in [-0.4, -0.2) is 57.7 Å². The van der Waals surface area contributed by atoms with Crippen molar-refractivity contribution in [2.75, 3.05) is 20.1 Å². The molecule has 1 aliphatic rings. The molecule has 0 saturated carbocycles. The predicted molar refractivity (Wildman–Crippen MR) is 66.8 cm³/mol. The van der Waals surface area contributed by atoms with E-state index in [0.717, 1.165) is 0 Å². The molecule has 0 radical (unpaired) electrons. The van der Waals surface area contributed by atoms with Crippen LogP contribution in [0.3, 0.4) is 0 Å². The molecule has 1 aliphatic heterocycles. The molecular formula is C11H16N4O4. The van der Waals surface area contributed by atoms with Crippen molar-refractivity contribution in [2.45, 2.75) is 12.1 Å². The van der Waals surface area contributed by atoms with Crippen molar-refractivity contribution in [1.29, 1.82) is 0 Å². The van der Waals surface area contributed by atoms with E-state index in [9.17, 15) is 20.0 Å². The number of amides is 1. The molecule has 0 spiro atoms. The highest BCUT2D eigenvalue weighted by atomic mass is 16.6. The van der Waals surface area contributed by atoms with Crippen molar-refractivity contribution in [3.63, 3.8) is 0 Å². The van der Waals surface area contributed by atoms with Gasteiger partial charge in [-0.15, -0.1) is 0 Å². The molecule has 2 N–H and O–H groups in total. The van der Waals surface area contributed by atoms with E-state index in [0.29, 0.717) is 13.1 Å². The first kappa shape index (κ1) is 13.5. The number of aliphatic hydroxyl groups is 1. The molecular weight excluding hydrogens is 252 g/mol. The number of hydrogen-bond acceptors (Lipinski definition) is 5. The second-order valence-electron chi connectivity index (χ2n) is 4.60. The van der Waals surface area contributed by atoms with Gasteiger partial charge in [-0.25, -0.2) is 4.57 Å². The summed E-state index contributed by atoms with van der Waals surface area (Å²) in [6.07, 6.45) is -0.621. The third-order valence-electron chi connectivity index (χ3n) is 3.47. The first-order chi connectivity index (χ1) is 8.93. The van der Waals surface area contributed by atoms with Crippen molar-refractivity contribution < 1.29 is 14.8 Å². The van der Waals surface area contributed by atoms with Crippen LogP contribution in [0.4, 0.5) is 5.82 Å². The number of likely N-dealkylation sites (N-methyl/N-ethyl adjacent to an activating group) is 1. The molecule has 8 heteroatoms. The van der Waals surface area contributed by atoms with Crippen molar-refractivity contribution in [2.24, 2.45) is 7.05 Å². The zero-order valence-electron chi connectivity index (χ0n) is 10.7. The molecule has 1 amide bonds. The zero-order valence-corrected chi connectivity index (χ0v) is 10.7. The Labute approximate surface area is 109 Å². The molecule has 2 atom stereocenters. The SMILES string of the molecule is CN(C(=O)c1ccc([N+](=O)[O-])n1C)[C@@H]1CNC[C@H]1O. The van der Waals surface area contributed by atoms with E-state index >= 15 is 0 Å². The van der Waals surface area contributed by atoms with Gasteiger partial charge in [-0.3, -0.25) is 4.79 Å². The van der Waals surface area contributed by atoms with E-state index in [2.05, 4.69) is 5.32 Å². The van der Waals surface area contributed by atoms with Gasteiger partial charge in [0.25, 0.3) is 5.91 Å². The van der Waals surface area contributed by atoms with E-state index in [4.69, 9.17) is 0 Å². The van der Waals surface area contributed by atoms with E-state index in [1.807, 2.05) is 0 Å². The Bertz CT molecular complexity index is 513. The Morgan fingerprint density at radius 2 is 2.26 bits per heavy atom. The molecule has 19 heavy (non-hydrogen) atoms. The van der Waals surface area contributed by atoms with E-state index in [-0.39, 0.29) is 23.5 Å². The highest BCUT2D eigenvalue weighted by Crippen LogP contribution is 2.18. The van der Waals surface area contributed by atoms with Gasteiger partial charge in [0.1, 0.15) is 0 Å². The molecule has 104 valence electrons. The second-order valence-corrected chi connectivity index (χ2v) is 4.60. The van der Waals surface area contributed by atoms with Crippen LogP contribution < -0.4 is 5.32 Å². The minimum absolute atomic E-state index is 0.137. The van der Waals surface area contributed by atoms with Crippen LogP contribution in [0.15, 0.2) is 12.1 Å². The summed E-state index contributed by atoms with van der Waals surface area (Å²) in [5, 5.41) is 23.5. The normalized spacial score (nSPS) is 22.5. The van der Waals surface area contributed by atoms with Crippen LogP contribution in [-0.2, 0) is 7.05 Å². The number of aliphatic hydroxyl groups excluding tert-OH is 1. The summed E-state index contributed by atoms with van der Waals surface area (Å²) in [6.45, 7) is 0.950. The lowest BCUT2D eigenvalue weighted by Crippen LogP contribution is -2.44. The standard InChI is InChI=1S/C11H16N4O4/c1-13-7(3-4-10(13)15(18)19)11(17)14(2)8-5-12-6-9(8)16/h3-4,8-9,12,16H,5-6H2,1-2H3/t8-,9-/m1/s1. The van der Waals surface area contributed by atoms with Crippen LogP contribution in [0.25, 0.3) is 0 Å². The van der Waals surface area contributed by atoms with Crippen LogP contribution in [0.1, 0.15) is 10.5 Å². The topological polar surface area (TPSA) is 101 Å². The monoisotopic (exact) mass is 268 g/mol. The van der Waals surface area contributed by atoms with Gasteiger partial charge in [0, 0.05) is 26.2 Å². The van der Waals surface area contributed by atoms with Gasteiger partial charge in [-0.1, -0.05) is 0 Å². The second kappa shape index (κ2) is 4.98. The Balaban J connectivity index is 2.22. The molecule has 1 aromatic heterocycles. The number of β-amino-alcohol motifs (C(OH)–C–C–N with tert-alkyl or cyclic N) is 1. The summed E-state index contributed by atoms with van der Waals surface area (Å²) in [7, 11) is 3.06. The number of nitrogens with zero attached hydrogens (tertiary/aromatic N) is 3. The lowest BCUT2D eigenvalue weighted by Gasteiger charge is -2.25. The number of carbonyl (C=O) groups excluding carboxylic acids is 1. The first-order valence-corrected chi connectivity index (χ1v) is 5.89. The average molecular weight is 268 g/mol. The van der Waals surface area contributed by atoms with Crippen LogP contribution >= 0.6 is 0 Å². The number of nitrogens with one attached hydrogen (secondary N) is 1. The molecule has 1 aromatic rings. The van der Waals surface area contributed by atoms with Gasteiger partial charge < -0.3 is 25.4 Å². The maximum absolute atomic E-state index is 12.3.